The highest BCUT2D eigenvalue weighted by atomic mass is 32.2. The van der Waals surface area contributed by atoms with Gasteiger partial charge in [0, 0.05) is 11.8 Å². The summed E-state index contributed by atoms with van der Waals surface area (Å²) in [5.41, 5.74) is 12.2. The lowest BCUT2D eigenvalue weighted by atomic mass is 9.88. The Balaban J connectivity index is 1.19. The second-order valence-electron chi connectivity index (χ2n) is 11.3. The molecule has 0 radical (unpaired) electrons. The number of carbonyl (C=O) groups is 2. The van der Waals surface area contributed by atoms with E-state index in [4.69, 9.17) is 19.4 Å². The molecular formula is C38H33NO7S. The van der Waals surface area contributed by atoms with Crippen molar-refractivity contribution in [3.05, 3.63) is 156 Å². The van der Waals surface area contributed by atoms with Crippen molar-refractivity contribution in [3.63, 3.8) is 0 Å². The summed E-state index contributed by atoms with van der Waals surface area (Å²) in [6.45, 7) is 0.145. The molecule has 0 fully saturated rings. The van der Waals surface area contributed by atoms with Gasteiger partial charge in [0.15, 0.2) is 0 Å². The Labute approximate surface area is 273 Å². The van der Waals surface area contributed by atoms with Gasteiger partial charge in [0.25, 0.3) is 0 Å². The molecule has 2 atom stereocenters. The first-order valence-electron chi connectivity index (χ1n) is 15.2. The smallest absolute Gasteiger partial charge is 0.339 e. The highest BCUT2D eigenvalue weighted by molar-refractivity contribution is 7.87. The van der Waals surface area contributed by atoms with Crippen LogP contribution in [0.5, 0.6) is 5.75 Å². The van der Waals surface area contributed by atoms with E-state index >= 15 is 0 Å². The quantitative estimate of drug-likeness (QED) is 0.123. The Hall–Kier alpha value is -5.25. The molecule has 5 aromatic rings. The van der Waals surface area contributed by atoms with E-state index in [0.29, 0.717) is 5.56 Å². The molecule has 6 rings (SSSR count). The van der Waals surface area contributed by atoms with Crippen LogP contribution in [0.15, 0.2) is 138 Å². The number of nitrogens with two attached hydrogens (primary N) is 1. The van der Waals surface area contributed by atoms with Gasteiger partial charge in [0.2, 0.25) is 0 Å². The van der Waals surface area contributed by atoms with Gasteiger partial charge >= 0.3 is 22.1 Å². The van der Waals surface area contributed by atoms with Crippen molar-refractivity contribution in [2.24, 2.45) is 5.73 Å². The van der Waals surface area contributed by atoms with Crippen molar-refractivity contribution in [3.8, 4) is 16.9 Å². The van der Waals surface area contributed by atoms with E-state index in [1.165, 1.54) is 24.3 Å². The summed E-state index contributed by atoms with van der Waals surface area (Å²) in [5, 5.41) is 0. The van der Waals surface area contributed by atoms with Crippen molar-refractivity contribution < 1.29 is 31.7 Å². The van der Waals surface area contributed by atoms with Crippen LogP contribution in [0, 0.1) is 0 Å². The topological polar surface area (TPSA) is 122 Å². The zero-order valence-electron chi connectivity index (χ0n) is 25.4. The Bertz CT molecular complexity index is 1920. The van der Waals surface area contributed by atoms with Crippen LogP contribution >= 0.6 is 0 Å². The van der Waals surface area contributed by atoms with E-state index in [2.05, 4.69) is 12.1 Å². The molecule has 0 amide bonds. The lowest BCUT2D eigenvalue weighted by molar-refractivity contribution is -0.148. The zero-order valence-corrected chi connectivity index (χ0v) is 26.2. The fourth-order valence-corrected chi connectivity index (χ4v) is 6.78. The largest absolute Gasteiger partial charge is 0.464 e. The number of benzene rings is 5. The normalized spacial score (nSPS) is 13.6. The van der Waals surface area contributed by atoms with Crippen LogP contribution < -0.4 is 9.92 Å². The summed E-state index contributed by atoms with van der Waals surface area (Å²) < 4.78 is 42.1. The summed E-state index contributed by atoms with van der Waals surface area (Å²) in [6, 6.07) is 38.0. The van der Waals surface area contributed by atoms with Crippen LogP contribution in [0.3, 0.4) is 0 Å². The predicted octanol–water partition coefficient (Wildman–Crippen LogP) is 6.35. The summed E-state index contributed by atoms with van der Waals surface area (Å²) in [5.74, 6) is -2.13. The molecule has 0 saturated heterocycles. The molecule has 1 aliphatic carbocycles. The van der Waals surface area contributed by atoms with E-state index < -0.39 is 34.0 Å². The second-order valence-corrected chi connectivity index (χ2v) is 12.8. The first-order chi connectivity index (χ1) is 22.8. The van der Waals surface area contributed by atoms with Crippen molar-refractivity contribution in [2.75, 3.05) is 6.61 Å². The van der Waals surface area contributed by atoms with Crippen LogP contribution in [0.25, 0.3) is 11.1 Å². The van der Waals surface area contributed by atoms with Gasteiger partial charge in [-0.2, -0.15) is 8.42 Å². The molecule has 0 spiro atoms. The van der Waals surface area contributed by atoms with Gasteiger partial charge in [-0.25, -0.2) is 0 Å². The van der Waals surface area contributed by atoms with Gasteiger partial charge in [-0.15, -0.1) is 0 Å². The molecule has 0 aliphatic heterocycles. The SMILES string of the molecule is NC(C(=O)OCC1c2ccccc2-c2ccccc21)C(CC(=O)OCc1ccccc1)c1ccc(OS(=O)(=O)c2ccccc2)cc1. The predicted molar refractivity (Wildman–Crippen MR) is 177 cm³/mol. The molecule has 0 aromatic heterocycles. The van der Waals surface area contributed by atoms with Crippen LogP contribution in [-0.4, -0.2) is 33.0 Å². The lowest BCUT2D eigenvalue weighted by Gasteiger charge is -2.24. The van der Waals surface area contributed by atoms with E-state index in [1.54, 1.807) is 30.3 Å². The number of fused-ring (bicyclic) bond motifs is 3. The fourth-order valence-electron chi connectivity index (χ4n) is 5.83. The third-order valence-corrected chi connectivity index (χ3v) is 9.50. The third kappa shape index (κ3) is 7.27. The molecule has 5 aromatic carbocycles. The maximum absolute atomic E-state index is 13.5. The second kappa shape index (κ2) is 14.0. The Morgan fingerprint density at radius 1 is 0.681 bits per heavy atom. The van der Waals surface area contributed by atoms with Gasteiger partial charge in [0.05, 0.1) is 6.42 Å². The standard InChI is InChI=1S/C38H33NO7S/c39-37(38(41)45-25-35-32-17-9-7-15-30(32)31-16-8-10-18-33(31)35)34(23-36(40)44-24-26-11-3-1-4-12-26)27-19-21-28(22-20-27)46-47(42,43)29-13-5-2-6-14-29/h1-22,34-35,37H,23-25,39H2. The first-order valence-corrected chi connectivity index (χ1v) is 16.6. The van der Waals surface area contributed by atoms with E-state index in [-0.39, 0.29) is 36.2 Å². The molecule has 8 nitrogen and oxygen atoms in total. The highest BCUT2D eigenvalue weighted by Crippen LogP contribution is 2.44. The number of hydrogen-bond acceptors (Lipinski definition) is 8. The number of esters is 2. The Kier molecular flexibility index (Phi) is 9.47. The number of hydrogen-bond donors (Lipinski definition) is 1. The first kappa shape index (κ1) is 31.7. The number of carbonyl (C=O) groups excluding carboxylic acids is 2. The molecule has 1 aliphatic rings. The summed E-state index contributed by atoms with van der Waals surface area (Å²) in [6.07, 6.45) is -0.208. The molecule has 2 N–H and O–H groups in total. The monoisotopic (exact) mass is 647 g/mol. The number of ether oxygens (including phenoxy) is 2. The van der Waals surface area contributed by atoms with Crippen LogP contribution in [0.4, 0.5) is 0 Å². The van der Waals surface area contributed by atoms with E-state index in [1.807, 2.05) is 66.7 Å². The Morgan fingerprint density at radius 2 is 1.23 bits per heavy atom. The molecule has 238 valence electrons. The average molecular weight is 648 g/mol. The minimum absolute atomic E-state index is 0.0143. The molecule has 2 unspecified atom stereocenters. The van der Waals surface area contributed by atoms with Gasteiger partial charge in [-0.3, -0.25) is 9.59 Å². The van der Waals surface area contributed by atoms with Crippen molar-refractivity contribution in [1.82, 2.24) is 0 Å². The lowest BCUT2D eigenvalue weighted by Crippen LogP contribution is -2.39. The van der Waals surface area contributed by atoms with Gasteiger partial charge in [-0.1, -0.05) is 109 Å². The van der Waals surface area contributed by atoms with Crippen LogP contribution in [0.2, 0.25) is 0 Å². The van der Waals surface area contributed by atoms with E-state index in [9.17, 15) is 18.0 Å². The molecule has 47 heavy (non-hydrogen) atoms. The summed E-state index contributed by atoms with van der Waals surface area (Å²) >= 11 is 0. The Morgan fingerprint density at radius 3 is 1.85 bits per heavy atom. The molecular weight excluding hydrogens is 614 g/mol. The molecule has 9 heteroatoms. The van der Waals surface area contributed by atoms with Gasteiger partial charge in [0.1, 0.15) is 29.9 Å². The third-order valence-electron chi connectivity index (χ3n) is 8.24. The molecule has 0 saturated carbocycles. The summed E-state index contributed by atoms with van der Waals surface area (Å²) in [4.78, 5) is 26.6. The molecule has 0 heterocycles. The highest BCUT2D eigenvalue weighted by Gasteiger charge is 2.33. The average Bonchev–Trinajstić information content (AvgIpc) is 3.43. The maximum Gasteiger partial charge on any atom is 0.339 e. The van der Waals surface area contributed by atoms with Gasteiger partial charge < -0.3 is 19.4 Å². The van der Waals surface area contributed by atoms with Gasteiger partial charge in [-0.05, 0) is 57.6 Å². The maximum atomic E-state index is 13.5. The van der Waals surface area contributed by atoms with Crippen molar-refractivity contribution in [1.29, 1.82) is 0 Å². The number of rotatable bonds is 12. The van der Waals surface area contributed by atoms with Crippen LogP contribution in [0.1, 0.15) is 40.5 Å². The minimum Gasteiger partial charge on any atom is -0.464 e. The molecule has 0 bridgehead atoms. The summed E-state index contributed by atoms with van der Waals surface area (Å²) in [7, 11) is -4.06. The minimum atomic E-state index is -4.06. The van der Waals surface area contributed by atoms with Crippen molar-refractivity contribution >= 4 is 22.1 Å². The van der Waals surface area contributed by atoms with Crippen molar-refractivity contribution in [2.45, 2.75) is 35.8 Å². The van der Waals surface area contributed by atoms with Crippen LogP contribution in [-0.2, 0) is 35.8 Å². The fraction of sp³-hybridized carbons (Fsp3) is 0.158. The zero-order chi connectivity index (χ0) is 32.8. The van der Waals surface area contributed by atoms with E-state index in [0.717, 1.165) is 27.8 Å².